The second-order valence-electron chi connectivity index (χ2n) is 5.02. The number of nitrogens with zero attached hydrogens (tertiary/aromatic N) is 1. The van der Waals surface area contributed by atoms with E-state index < -0.39 is 9.84 Å². The van der Waals surface area contributed by atoms with E-state index in [0.717, 1.165) is 12.5 Å². The molecule has 0 aromatic rings. The van der Waals surface area contributed by atoms with Crippen LogP contribution in [0.2, 0.25) is 0 Å². The van der Waals surface area contributed by atoms with Crippen LogP contribution in [-0.4, -0.2) is 58.1 Å². The highest BCUT2D eigenvalue weighted by Gasteiger charge is 2.15. The summed E-state index contributed by atoms with van der Waals surface area (Å²) in [4.78, 5) is 2.37. The van der Waals surface area contributed by atoms with E-state index in [1.807, 2.05) is 0 Å². The van der Waals surface area contributed by atoms with Crippen molar-refractivity contribution in [3.05, 3.63) is 0 Å². The molecule has 0 radical (unpaired) electrons. The molecule has 5 heteroatoms. The molecule has 4 nitrogen and oxygen atoms in total. The second-order valence-corrected chi connectivity index (χ2v) is 7.49. The molecule has 1 fully saturated rings. The molecule has 1 aliphatic heterocycles. The number of piperidine rings is 1. The Hall–Kier alpha value is -0.130. The van der Waals surface area contributed by atoms with Gasteiger partial charge in [-0.25, -0.2) is 8.42 Å². The van der Waals surface area contributed by atoms with Gasteiger partial charge in [-0.2, -0.15) is 0 Å². The van der Waals surface area contributed by atoms with Crippen molar-refractivity contribution in [2.24, 2.45) is 5.92 Å². The fraction of sp³-hybridized carbons (Fsp3) is 1.00. The number of sulfone groups is 1. The Morgan fingerprint density at radius 3 is 2.47 bits per heavy atom. The maximum Gasteiger partial charge on any atom is 0.151 e. The SMILES string of the molecule is CCS(=O)(=O)CCNCCC1CCN(C)CC1. The van der Waals surface area contributed by atoms with E-state index in [2.05, 4.69) is 17.3 Å². The summed E-state index contributed by atoms with van der Waals surface area (Å²) < 4.78 is 22.5. The van der Waals surface area contributed by atoms with Gasteiger partial charge in [0, 0.05) is 12.3 Å². The first-order chi connectivity index (χ1) is 8.03. The van der Waals surface area contributed by atoms with Crippen LogP contribution >= 0.6 is 0 Å². The predicted octanol–water partition coefficient (Wildman–Crippen LogP) is 0.743. The third-order valence-electron chi connectivity index (χ3n) is 3.60. The molecule has 102 valence electrons. The van der Waals surface area contributed by atoms with Crippen molar-refractivity contribution >= 4 is 9.84 Å². The van der Waals surface area contributed by atoms with Crippen LogP contribution in [0.15, 0.2) is 0 Å². The van der Waals surface area contributed by atoms with Gasteiger partial charge >= 0.3 is 0 Å². The minimum atomic E-state index is -2.80. The molecule has 0 spiro atoms. The van der Waals surface area contributed by atoms with Crippen LogP contribution in [0.3, 0.4) is 0 Å². The molecular formula is C12H26N2O2S. The molecule has 1 saturated heterocycles. The number of rotatable bonds is 7. The molecule has 0 atom stereocenters. The number of nitrogens with one attached hydrogen (secondary N) is 1. The summed E-state index contributed by atoms with van der Waals surface area (Å²) in [5.74, 6) is 1.35. The van der Waals surface area contributed by atoms with Crippen molar-refractivity contribution in [3.8, 4) is 0 Å². The molecule has 17 heavy (non-hydrogen) atoms. The molecular weight excluding hydrogens is 236 g/mol. The van der Waals surface area contributed by atoms with Crippen molar-refractivity contribution in [2.75, 3.05) is 44.7 Å². The molecule has 1 aliphatic rings. The Balaban J connectivity index is 2.01. The van der Waals surface area contributed by atoms with Gasteiger partial charge in [-0.3, -0.25) is 0 Å². The summed E-state index contributed by atoms with van der Waals surface area (Å²) in [7, 11) is -0.631. The predicted molar refractivity (Wildman–Crippen MR) is 72.0 cm³/mol. The Morgan fingerprint density at radius 1 is 1.24 bits per heavy atom. The van der Waals surface area contributed by atoms with Gasteiger partial charge in [-0.05, 0) is 51.9 Å². The van der Waals surface area contributed by atoms with E-state index in [9.17, 15) is 8.42 Å². The highest BCUT2D eigenvalue weighted by Crippen LogP contribution is 2.18. The molecule has 0 bridgehead atoms. The Labute approximate surface area is 106 Å². The average molecular weight is 262 g/mol. The number of hydrogen-bond acceptors (Lipinski definition) is 4. The normalized spacial score (nSPS) is 19.6. The molecule has 0 unspecified atom stereocenters. The van der Waals surface area contributed by atoms with Crippen molar-refractivity contribution in [1.82, 2.24) is 10.2 Å². The fourth-order valence-electron chi connectivity index (χ4n) is 2.15. The van der Waals surface area contributed by atoms with Crippen molar-refractivity contribution in [1.29, 1.82) is 0 Å². The van der Waals surface area contributed by atoms with E-state index in [1.54, 1.807) is 6.92 Å². The maximum atomic E-state index is 11.3. The number of likely N-dealkylation sites (tertiary alicyclic amines) is 1. The first kappa shape index (κ1) is 14.9. The van der Waals surface area contributed by atoms with Gasteiger partial charge in [0.15, 0.2) is 9.84 Å². The first-order valence-electron chi connectivity index (χ1n) is 6.63. The van der Waals surface area contributed by atoms with Gasteiger partial charge in [0.2, 0.25) is 0 Å². The zero-order chi connectivity index (χ0) is 12.7. The van der Waals surface area contributed by atoms with Crippen LogP contribution in [0, 0.1) is 5.92 Å². The number of hydrogen-bond donors (Lipinski definition) is 1. The minimum Gasteiger partial charge on any atom is -0.316 e. The first-order valence-corrected chi connectivity index (χ1v) is 8.45. The quantitative estimate of drug-likeness (QED) is 0.688. The summed E-state index contributed by atoms with van der Waals surface area (Å²) in [5, 5.41) is 3.24. The van der Waals surface area contributed by atoms with Crippen molar-refractivity contribution in [2.45, 2.75) is 26.2 Å². The van der Waals surface area contributed by atoms with Gasteiger partial charge in [-0.15, -0.1) is 0 Å². The molecule has 1 rings (SSSR count). The van der Waals surface area contributed by atoms with Crippen LogP contribution in [-0.2, 0) is 9.84 Å². The lowest BCUT2D eigenvalue weighted by Crippen LogP contribution is -2.32. The highest BCUT2D eigenvalue weighted by atomic mass is 32.2. The zero-order valence-electron chi connectivity index (χ0n) is 11.1. The topological polar surface area (TPSA) is 49.4 Å². The Bertz CT molecular complexity index is 296. The molecule has 0 amide bonds. The molecule has 1 N–H and O–H groups in total. The summed E-state index contributed by atoms with van der Waals surface area (Å²) in [6, 6.07) is 0. The third-order valence-corrected chi connectivity index (χ3v) is 5.30. The zero-order valence-corrected chi connectivity index (χ0v) is 11.9. The smallest absolute Gasteiger partial charge is 0.151 e. The largest absolute Gasteiger partial charge is 0.316 e. The Kier molecular flexibility index (Phi) is 6.44. The van der Waals surface area contributed by atoms with E-state index in [1.165, 1.54) is 32.4 Å². The molecule has 0 saturated carbocycles. The lowest BCUT2D eigenvalue weighted by Gasteiger charge is -2.28. The highest BCUT2D eigenvalue weighted by molar-refractivity contribution is 7.91. The maximum absolute atomic E-state index is 11.3. The third kappa shape index (κ3) is 6.38. The molecule has 0 aliphatic carbocycles. The summed E-state index contributed by atoms with van der Waals surface area (Å²) in [5.41, 5.74) is 0. The van der Waals surface area contributed by atoms with Gasteiger partial charge in [0.1, 0.15) is 0 Å². The van der Waals surface area contributed by atoms with Crippen LogP contribution in [0.4, 0.5) is 0 Å². The van der Waals surface area contributed by atoms with E-state index in [-0.39, 0.29) is 11.5 Å². The van der Waals surface area contributed by atoms with Crippen LogP contribution in [0.1, 0.15) is 26.2 Å². The van der Waals surface area contributed by atoms with Gasteiger partial charge in [0.25, 0.3) is 0 Å². The standard InChI is InChI=1S/C12H26N2O2S/c1-3-17(15,16)11-8-13-7-4-12-5-9-14(2)10-6-12/h12-13H,3-11H2,1-2H3. The Morgan fingerprint density at radius 2 is 1.88 bits per heavy atom. The minimum absolute atomic E-state index is 0.254. The summed E-state index contributed by atoms with van der Waals surface area (Å²) in [6.45, 7) is 5.66. The lowest BCUT2D eigenvalue weighted by atomic mass is 9.94. The van der Waals surface area contributed by atoms with Gasteiger partial charge < -0.3 is 10.2 Å². The monoisotopic (exact) mass is 262 g/mol. The van der Waals surface area contributed by atoms with Crippen LogP contribution in [0.25, 0.3) is 0 Å². The fourth-order valence-corrected chi connectivity index (χ4v) is 2.90. The van der Waals surface area contributed by atoms with Gasteiger partial charge in [0.05, 0.1) is 5.75 Å². The van der Waals surface area contributed by atoms with Crippen molar-refractivity contribution < 1.29 is 8.42 Å². The molecule has 0 aromatic carbocycles. The lowest BCUT2D eigenvalue weighted by molar-refractivity contribution is 0.212. The molecule has 1 heterocycles. The summed E-state index contributed by atoms with van der Waals surface area (Å²) in [6.07, 6.45) is 3.75. The summed E-state index contributed by atoms with van der Waals surface area (Å²) >= 11 is 0. The van der Waals surface area contributed by atoms with Crippen molar-refractivity contribution in [3.63, 3.8) is 0 Å². The van der Waals surface area contributed by atoms with E-state index in [0.29, 0.717) is 6.54 Å². The second kappa shape index (κ2) is 7.34. The average Bonchev–Trinajstić information content (AvgIpc) is 2.31. The van der Waals surface area contributed by atoms with Gasteiger partial charge in [-0.1, -0.05) is 6.92 Å². The van der Waals surface area contributed by atoms with E-state index >= 15 is 0 Å². The van der Waals surface area contributed by atoms with Crippen LogP contribution in [0.5, 0.6) is 0 Å². The molecule has 0 aromatic heterocycles. The van der Waals surface area contributed by atoms with E-state index in [4.69, 9.17) is 0 Å². The van der Waals surface area contributed by atoms with Crippen LogP contribution < -0.4 is 5.32 Å².